The first-order valence-electron chi connectivity index (χ1n) is 4.60. The highest BCUT2D eigenvalue weighted by atomic mass is 16.5. The fourth-order valence-electron chi connectivity index (χ4n) is 0.954. The van der Waals surface area contributed by atoms with Gasteiger partial charge in [0.25, 0.3) is 0 Å². The van der Waals surface area contributed by atoms with E-state index in [1.807, 2.05) is 0 Å². The summed E-state index contributed by atoms with van der Waals surface area (Å²) in [6, 6.07) is 1.33. The maximum atomic E-state index is 10.8. The van der Waals surface area contributed by atoms with Gasteiger partial charge < -0.3 is 9.84 Å². The van der Waals surface area contributed by atoms with Crippen LogP contribution in [0.15, 0.2) is 6.07 Å². The van der Waals surface area contributed by atoms with Crippen molar-refractivity contribution in [2.24, 2.45) is 0 Å². The average Bonchev–Trinajstić information content (AvgIpc) is 2.16. The molecule has 0 amide bonds. The number of hydrogen-bond acceptors (Lipinski definition) is 4. The highest BCUT2D eigenvalue weighted by Crippen LogP contribution is 2.14. The largest absolute Gasteiger partial charge is 0.477 e. The molecule has 1 heterocycles. The smallest absolute Gasteiger partial charge is 0.354 e. The van der Waals surface area contributed by atoms with Crippen LogP contribution in [0.4, 0.5) is 0 Å². The van der Waals surface area contributed by atoms with Crippen LogP contribution in [-0.4, -0.2) is 26.6 Å². The molecule has 1 aromatic heterocycles. The monoisotopic (exact) mass is 220 g/mol. The van der Waals surface area contributed by atoms with E-state index in [1.54, 1.807) is 20.8 Å². The third-order valence-electron chi connectivity index (χ3n) is 1.75. The van der Waals surface area contributed by atoms with Crippen molar-refractivity contribution in [3.8, 4) is 18.4 Å². The Labute approximate surface area is 93.5 Å². The van der Waals surface area contributed by atoms with Crippen molar-refractivity contribution < 1.29 is 14.6 Å². The van der Waals surface area contributed by atoms with Crippen molar-refractivity contribution in [3.05, 3.63) is 17.5 Å². The van der Waals surface area contributed by atoms with Crippen molar-refractivity contribution in [2.45, 2.75) is 26.4 Å². The quantitative estimate of drug-likeness (QED) is 0.777. The van der Waals surface area contributed by atoms with Crippen LogP contribution in [0.2, 0.25) is 0 Å². The van der Waals surface area contributed by atoms with Gasteiger partial charge in [0.1, 0.15) is 0 Å². The van der Waals surface area contributed by atoms with E-state index in [0.29, 0.717) is 5.69 Å². The van der Waals surface area contributed by atoms with Crippen molar-refractivity contribution in [3.63, 3.8) is 0 Å². The second-order valence-electron chi connectivity index (χ2n) is 3.74. The Morgan fingerprint density at radius 2 is 2.19 bits per heavy atom. The Morgan fingerprint density at radius 3 is 2.69 bits per heavy atom. The van der Waals surface area contributed by atoms with Gasteiger partial charge in [-0.2, -0.15) is 4.98 Å². The van der Waals surface area contributed by atoms with Gasteiger partial charge in [0.05, 0.1) is 0 Å². The highest BCUT2D eigenvalue weighted by Gasteiger charge is 2.19. The number of nitrogens with zero attached hydrogens (tertiary/aromatic N) is 2. The van der Waals surface area contributed by atoms with Crippen LogP contribution in [0.5, 0.6) is 6.01 Å². The minimum absolute atomic E-state index is 0.0275. The Bertz CT molecular complexity index is 461. The molecular formula is C11H12N2O3. The molecule has 0 fully saturated rings. The predicted octanol–water partition coefficient (Wildman–Crippen LogP) is 1.27. The average molecular weight is 220 g/mol. The molecule has 0 atom stereocenters. The van der Waals surface area contributed by atoms with Crippen LogP contribution in [-0.2, 0) is 0 Å². The molecule has 0 spiro atoms. The van der Waals surface area contributed by atoms with Crippen LogP contribution in [0, 0.1) is 19.3 Å². The number of aryl methyl sites for hydroxylation is 1. The van der Waals surface area contributed by atoms with Crippen molar-refractivity contribution in [1.29, 1.82) is 0 Å². The zero-order valence-corrected chi connectivity index (χ0v) is 9.31. The van der Waals surface area contributed by atoms with Crippen LogP contribution in [0.3, 0.4) is 0 Å². The van der Waals surface area contributed by atoms with Crippen molar-refractivity contribution in [2.75, 3.05) is 0 Å². The van der Waals surface area contributed by atoms with Crippen LogP contribution >= 0.6 is 0 Å². The summed E-state index contributed by atoms with van der Waals surface area (Å²) >= 11 is 0. The lowest BCUT2D eigenvalue weighted by molar-refractivity contribution is 0.0685. The van der Waals surface area contributed by atoms with Crippen LogP contribution in [0.1, 0.15) is 30.0 Å². The number of rotatable bonds is 3. The summed E-state index contributed by atoms with van der Waals surface area (Å²) in [4.78, 5) is 18.4. The van der Waals surface area contributed by atoms with E-state index < -0.39 is 11.6 Å². The molecular weight excluding hydrogens is 208 g/mol. The van der Waals surface area contributed by atoms with E-state index in [0.717, 1.165) is 0 Å². The molecule has 0 saturated carbocycles. The van der Waals surface area contributed by atoms with Gasteiger partial charge in [0.15, 0.2) is 11.3 Å². The zero-order chi connectivity index (χ0) is 12.3. The fraction of sp³-hybridized carbons (Fsp3) is 0.364. The van der Waals surface area contributed by atoms with Gasteiger partial charge in [-0.05, 0) is 26.8 Å². The van der Waals surface area contributed by atoms with Gasteiger partial charge in [0, 0.05) is 5.69 Å². The summed E-state index contributed by atoms with van der Waals surface area (Å²) in [6.45, 7) is 4.99. The molecule has 5 heteroatoms. The van der Waals surface area contributed by atoms with E-state index in [4.69, 9.17) is 16.3 Å². The van der Waals surface area contributed by atoms with Crippen molar-refractivity contribution in [1.82, 2.24) is 9.97 Å². The normalized spacial score (nSPS) is 10.6. The minimum Gasteiger partial charge on any atom is -0.477 e. The first-order valence-corrected chi connectivity index (χ1v) is 4.60. The Hall–Kier alpha value is -2.09. The first kappa shape index (κ1) is 12.0. The third kappa shape index (κ3) is 2.95. The maximum Gasteiger partial charge on any atom is 0.354 e. The van der Waals surface area contributed by atoms with E-state index in [2.05, 4.69) is 15.9 Å². The number of hydrogen-bond donors (Lipinski definition) is 1. The van der Waals surface area contributed by atoms with Gasteiger partial charge in [-0.25, -0.2) is 9.78 Å². The summed E-state index contributed by atoms with van der Waals surface area (Å²) in [5, 5.41) is 8.80. The number of ether oxygens (including phenoxy) is 1. The highest BCUT2D eigenvalue weighted by molar-refractivity contribution is 5.85. The molecule has 0 saturated heterocycles. The Balaban J connectivity index is 3.07. The van der Waals surface area contributed by atoms with E-state index >= 15 is 0 Å². The molecule has 5 nitrogen and oxygen atoms in total. The van der Waals surface area contributed by atoms with E-state index in [9.17, 15) is 4.79 Å². The zero-order valence-electron chi connectivity index (χ0n) is 9.31. The third-order valence-corrected chi connectivity index (χ3v) is 1.75. The predicted molar refractivity (Wildman–Crippen MR) is 57.3 cm³/mol. The van der Waals surface area contributed by atoms with Crippen molar-refractivity contribution >= 4 is 5.97 Å². The summed E-state index contributed by atoms with van der Waals surface area (Å²) in [5.41, 5.74) is -0.477. The molecule has 1 aromatic rings. The lowest BCUT2D eigenvalue weighted by Gasteiger charge is -2.18. The number of carbonyl (C=O) groups is 1. The topological polar surface area (TPSA) is 72.3 Å². The second-order valence-corrected chi connectivity index (χ2v) is 3.74. The molecule has 0 bridgehead atoms. The standard InChI is InChI=1S/C11H12N2O3/c1-5-11(3,4)16-10-12-7(2)6-8(13-10)9(14)15/h1,6H,2-4H3,(H,14,15). The molecule has 0 aliphatic carbocycles. The molecule has 0 aromatic carbocycles. The van der Waals surface area contributed by atoms with Crippen LogP contribution in [0.25, 0.3) is 0 Å². The molecule has 1 rings (SSSR count). The number of carboxylic acid groups (broad SMARTS) is 1. The Morgan fingerprint density at radius 1 is 1.56 bits per heavy atom. The molecule has 0 aliphatic rings. The number of aromatic carboxylic acids is 1. The summed E-state index contributed by atoms with van der Waals surface area (Å²) in [5.74, 6) is 1.28. The summed E-state index contributed by atoms with van der Waals surface area (Å²) < 4.78 is 5.30. The number of aromatic nitrogens is 2. The molecule has 1 N–H and O–H groups in total. The maximum absolute atomic E-state index is 10.8. The van der Waals surface area contributed by atoms with Gasteiger partial charge in [0.2, 0.25) is 0 Å². The fourth-order valence-corrected chi connectivity index (χ4v) is 0.954. The van der Waals surface area contributed by atoms with E-state index in [-0.39, 0.29) is 11.7 Å². The van der Waals surface area contributed by atoms with Gasteiger partial charge in [-0.15, -0.1) is 6.42 Å². The van der Waals surface area contributed by atoms with Crippen LogP contribution < -0.4 is 4.74 Å². The molecule has 0 radical (unpaired) electrons. The lowest BCUT2D eigenvalue weighted by atomic mass is 10.1. The van der Waals surface area contributed by atoms with Gasteiger partial charge in [-0.1, -0.05) is 5.92 Å². The second kappa shape index (κ2) is 4.19. The summed E-state index contributed by atoms with van der Waals surface area (Å²) in [6.07, 6.45) is 5.24. The first-order chi connectivity index (χ1) is 7.34. The van der Waals surface area contributed by atoms with Gasteiger partial charge in [-0.3, -0.25) is 0 Å². The molecule has 0 unspecified atom stereocenters. The Kier molecular flexibility index (Phi) is 3.14. The molecule has 0 aliphatic heterocycles. The molecule has 84 valence electrons. The van der Waals surface area contributed by atoms with Gasteiger partial charge >= 0.3 is 12.0 Å². The number of terminal acetylenes is 1. The van der Waals surface area contributed by atoms with E-state index in [1.165, 1.54) is 6.07 Å². The minimum atomic E-state index is -1.13. The lowest BCUT2D eigenvalue weighted by Crippen LogP contribution is -2.27. The number of carboxylic acids is 1. The summed E-state index contributed by atoms with van der Waals surface area (Å²) in [7, 11) is 0. The molecule has 16 heavy (non-hydrogen) atoms. The SMILES string of the molecule is C#CC(C)(C)Oc1nc(C)cc(C(=O)O)n1.